The molecule has 0 amide bonds. The van der Waals surface area contributed by atoms with E-state index < -0.39 is 0 Å². The van der Waals surface area contributed by atoms with Crippen molar-refractivity contribution in [1.82, 2.24) is 14.9 Å². The first-order valence-electron chi connectivity index (χ1n) is 8.97. The molecule has 0 spiro atoms. The Morgan fingerprint density at radius 3 is 2.48 bits per heavy atom. The number of aromatic nitrogens is 2. The van der Waals surface area contributed by atoms with E-state index in [9.17, 15) is 0 Å². The number of rotatable bonds is 5. The van der Waals surface area contributed by atoms with Crippen LogP contribution in [0.5, 0.6) is 0 Å². The van der Waals surface area contributed by atoms with Crippen molar-refractivity contribution >= 4 is 17.6 Å². The maximum absolute atomic E-state index is 4.66. The highest BCUT2D eigenvalue weighted by atomic mass is 32.2. The summed E-state index contributed by atoms with van der Waals surface area (Å²) in [7, 11) is 2.15. The highest BCUT2D eigenvalue weighted by Crippen LogP contribution is 2.41. The monoisotopic (exact) mass is 374 g/mol. The Morgan fingerprint density at radius 2 is 1.78 bits per heavy atom. The minimum Gasteiger partial charge on any atom is -0.333 e. The zero-order chi connectivity index (χ0) is 18.6. The second kappa shape index (κ2) is 7.94. The zero-order valence-electron chi connectivity index (χ0n) is 15.3. The van der Waals surface area contributed by atoms with Crippen molar-refractivity contribution < 1.29 is 0 Å². The molecule has 0 radical (unpaired) electrons. The molecule has 2 heterocycles. The van der Waals surface area contributed by atoms with E-state index in [0.717, 1.165) is 23.9 Å². The molecule has 3 aromatic rings. The Morgan fingerprint density at radius 1 is 1.07 bits per heavy atom. The van der Waals surface area contributed by atoms with Crippen molar-refractivity contribution in [3.8, 4) is 0 Å². The van der Waals surface area contributed by atoms with Crippen LogP contribution in [0.1, 0.15) is 17.3 Å². The molecule has 0 saturated heterocycles. The summed E-state index contributed by atoms with van der Waals surface area (Å²) in [6.45, 7) is 5.49. The Balaban J connectivity index is 1.76. The van der Waals surface area contributed by atoms with Gasteiger partial charge >= 0.3 is 0 Å². The van der Waals surface area contributed by atoms with Crippen LogP contribution in [0.4, 0.5) is 5.82 Å². The standard InChI is InChI=1S/C22H22N4S/c1-3-14-26-20-19(15-25(2)22(26)17-10-6-4-7-11-17)21(24-16-23-20)27-18-12-8-5-9-13-18/h3-13,16,22H,1,14-15H2,2H3/t22-/m0/s1. The summed E-state index contributed by atoms with van der Waals surface area (Å²) in [6.07, 6.45) is 3.74. The number of fused-ring (bicyclic) bond motifs is 1. The van der Waals surface area contributed by atoms with Crippen molar-refractivity contribution in [2.75, 3.05) is 18.5 Å². The van der Waals surface area contributed by atoms with Crippen molar-refractivity contribution in [2.24, 2.45) is 0 Å². The number of hydrogen-bond donors (Lipinski definition) is 0. The minimum absolute atomic E-state index is 0.126. The number of hydrogen-bond acceptors (Lipinski definition) is 5. The number of anilines is 1. The van der Waals surface area contributed by atoms with E-state index in [0.29, 0.717) is 0 Å². The lowest BCUT2D eigenvalue weighted by molar-refractivity contribution is 0.212. The molecule has 136 valence electrons. The second-order valence-corrected chi connectivity index (χ2v) is 7.60. The lowest BCUT2D eigenvalue weighted by Crippen LogP contribution is -2.44. The van der Waals surface area contributed by atoms with E-state index in [4.69, 9.17) is 0 Å². The van der Waals surface area contributed by atoms with Crippen LogP contribution in [0.3, 0.4) is 0 Å². The van der Waals surface area contributed by atoms with Crippen molar-refractivity contribution in [2.45, 2.75) is 22.6 Å². The van der Waals surface area contributed by atoms with Crippen LogP contribution in [-0.4, -0.2) is 28.5 Å². The molecule has 0 bridgehead atoms. The Kier molecular flexibility index (Phi) is 5.23. The van der Waals surface area contributed by atoms with Crippen LogP contribution in [0.2, 0.25) is 0 Å². The Bertz CT molecular complexity index is 914. The lowest BCUT2D eigenvalue weighted by Gasteiger charge is -2.43. The Labute approximate surface area is 164 Å². The fourth-order valence-corrected chi connectivity index (χ4v) is 4.43. The van der Waals surface area contributed by atoms with Gasteiger partial charge in [0.1, 0.15) is 23.3 Å². The van der Waals surface area contributed by atoms with Crippen molar-refractivity contribution in [3.63, 3.8) is 0 Å². The van der Waals surface area contributed by atoms with Crippen LogP contribution in [0.15, 0.2) is 89.6 Å². The molecule has 4 nitrogen and oxygen atoms in total. The zero-order valence-corrected chi connectivity index (χ0v) is 16.1. The van der Waals surface area contributed by atoms with Gasteiger partial charge in [0.25, 0.3) is 0 Å². The Hall–Kier alpha value is -2.63. The molecule has 0 fully saturated rings. The largest absolute Gasteiger partial charge is 0.333 e. The van der Waals surface area contributed by atoms with Crippen LogP contribution >= 0.6 is 11.8 Å². The smallest absolute Gasteiger partial charge is 0.139 e. The molecule has 0 saturated carbocycles. The lowest BCUT2D eigenvalue weighted by atomic mass is 10.1. The molecule has 4 rings (SSSR count). The van der Waals surface area contributed by atoms with Crippen molar-refractivity contribution in [1.29, 1.82) is 0 Å². The molecule has 0 N–H and O–H groups in total. The third-order valence-electron chi connectivity index (χ3n) is 4.66. The van der Waals surface area contributed by atoms with Gasteiger partial charge in [0, 0.05) is 23.5 Å². The van der Waals surface area contributed by atoms with Crippen molar-refractivity contribution in [3.05, 3.63) is 90.8 Å². The topological polar surface area (TPSA) is 32.3 Å². The summed E-state index contributed by atoms with van der Waals surface area (Å²) < 4.78 is 0. The van der Waals surface area contributed by atoms with Gasteiger partial charge in [-0.2, -0.15) is 0 Å². The second-order valence-electron chi connectivity index (χ2n) is 6.54. The molecule has 1 aliphatic rings. The van der Waals surface area contributed by atoms with E-state index in [-0.39, 0.29) is 6.17 Å². The highest BCUT2D eigenvalue weighted by Gasteiger charge is 2.33. The van der Waals surface area contributed by atoms with Crippen LogP contribution in [-0.2, 0) is 6.54 Å². The number of nitrogens with zero attached hydrogens (tertiary/aromatic N) is 4. The van der Waals surface area contributed by atoms with E-state index in [2.05, 4.69) is 88.0 Å². The maximum atomic E-state index is 4.66. The highest BCUT2D eigenvalue weighted by molar-refractivity contribution is 7.99. The van der Waals surface area contributed by atoms with Gasteiger partial charge in [-0.3, -0.25) is 4.90 Å². The molecular formula is C22H22N4S. The molecule has 0 aliphatic carbocycles. The van der Waals surface area contributed by atoms with Gasteiger partial charge in [0.15, 0.2) is 0 Å². The van der Waals surface area contributed by atoms with Gasteiger partial charge in [-0.1, -0.05) is 66.4 Å². The average molecular weight is 375 g/mol. The molecular weight excluding hydrogens is 352 g/mol. The van der Waals surface area contributed by atoms with Crippen LogP contribution < -0.4 is 4.90 Å². The van der Waals surface area contributed by atoms with Gasteiger partial charge in [-0.25, -0.2) is 9.97 Å². The van der Waals surface area contributed by atoms with E-state index in [1.54, 1.807) is 18.1 Å². The third kappa shape index (κ3) is 3.61. The van der Waals surface area contributed by atoms with Gasteiger partial charge in [-0.05, 0) is 24.7 Å². The molecule has 1 atom stereocenters. The predicted octanol–water partition coefficient (Wildman–Crippen LogP) is 4.76. The SMILES string of the molecule is C=CCN1c2ncnc(Sc3ccccc3)c2CN(C)[C@@H]1c1ccccc1. The maximum Gasteiger partial charge on any atom is 0.139 e. The van der Waals surface area contributed by atoms with Gasteiger partial charge in [0.05, 0.1) is 0 Å². The molecule has 0 unspecified atom stereocenters. The average Bonchev–Trinajstić information content (AvgIpc) is 2.70. The summed E-state index contributed by atoms with van der Waals surface area (Å²) in [4.78, 5) is 15.1. The third-order valence-corrected chi connectivity index (χ3v) is 5.71. The fourth-order valence-electron chi connectivity index (χ4n) is 3.54. The van der Waals surface area contributed by atoms with Gasteiger partial charge in [-0.15, -0.1) is 6.58 Å². The fraction of sp³-hybridized carbons (Fsp3) is 0.182. The summed E-state index contributed by atoms with van der Waals surface area (Å²) >= 11 is 1.69. The predicted molar refractivity (Wildman–Crippen MR) is 111 cm³/mol. The van der Waals surface area contributed by atoms with E-state index in [1.165, 1.54) is 16.0 Å². The minimum atomic E-state index is 0.126. The van der Waals surface area contributed by atoms with Gasteiger partial charge < -0.3 is 4.90 Å². The summed E-state index contributed by atoms with van der Waals surface area (Å²) in [5.74, 6) is 0.996. The molecule has 5 heteroatoms. The van der Waals surface area contributed by atoms with Gasteiger partial charge in [0.2, 0.25) is 0 Å². The molecule has 1 aliphatic heterocycles. The first-order chi connectivity index (χ1) is 13.3. The summed E-state index contributed by atoms with van der Waals surface area (Å²) in [5, 5.41) is 1.01. The molecule has 1 aromatic heterocycles. The van der Waals surface area contributed by atoms with E-state index in [1.807, 2.05) is 12.1 Å². The first-order valence-corrected chi connectivity index (χ1v) is 9.79. The quantitative estimate of drug-likeness (QED) is 0.475. The van der Waals surface area contributed by atoms with E-state index >= 15 is 0 Å². The summed E-state index contributed by atoms with van der Waals surface area (Å²) in [5.41, 5.74) is 2.42. The van der Waals surface area contributed by atoms with Crippen LogP contribution in [0, 0.1) is 0 Å². The molecule has 27 heavy (non-hydrogen) atoms. The first kappa shape index (κ1) is 17.8. The normalized spacial score (nSPS) is 16.8. The van der Waals surface area contributed by atoms with Crippen LogP contribution in [0.25, 0.3) is 0 Å². The number of benzene rings is 2. The summed E-state index contributed by atoms with van der Waals surface area (Å²) in [6, 6.07) is 20.9. The molecule has 2 aromatic carbocycles.